The summed E-state index contributed by atoms with van der Waals surface area (Å²) in [5.74, 6) is -0.381. The summed E-state index contributed by atoms with van der Waals surface area (Å²) in [5, 5.41) is 4.70. The Hall–Kier alpha value is -2.57. The Morgan fingerprint density at radius 3 is 2.52 bits per heavy atom. The maximum atomic E-state index is 11.6. The molecule has 2 rings (SSSR count). The van der Waals surface area contributed by atoms with Crippen LogP contribution in [0.15, 0.2) is 18.2 Å². The molecule has 1 aliphatic rings. The lowest BCUT2D eigenvalue weighted by Crippen LogP contribution is -2.42. The molecule has 0 radical (unpaired) electrons. The number of benzene rings is 1. The summed E-state index contributed by atoms with van der Waals surface area (Å²) < 4.78 is 10.2. The third kappa shape index (κ3) is 6.45. The molecule has 0 aromatic heterocycles. The van der Waals surface area contributed by atoms with Gasteiger partial charge in [-0.05, 0) is 48.9 Å². The Balaban J connectivity index is 1.68. The molecular formula is C18H24N2O5. The SMILES string of the molecule is Cc1cc(OCC(=O)OCC(=O)NC(=O)NC2CC2)ccc1C(C)C. The summed E-state index contributed by atoms with van der Waals surface area (Å²) in [7, 11) is 0. The van der Waals surface area contributed by atoms with Gasteiger partial charge >= 0.3 is 12.0 Å². The molecule has 0 aliphatic heterocycles. The van der Waals surface area contributed by atoms with Crippen molar-refractivity contribution >= 4 is 17.9 Å². The highest BCUT2D eigenvalue weighted by Crippen LogP contribution is 2.23. The van der Waals surface area contributed by atoms with Gasteiger partial charge in [0.05, 0.1) is 0 Å². The monoisotopic (exact) mass is 348 g/mol. The minimum absolute atomic E-state index is 0.147. The number of carbonyl (C=O) groups is 3. The van der Waals surface area contributed by atoms with Gasteiger partial charge in [0, 0.05) is 6.04 Å². The van der Waals surface area contributed by atoms with E-state index in [1.165, 1.54) is 5.56 Å². The van der Waals surface area contributed by atoms with Crippen LogP contribution in [0.1, 0.15) is 43.7 Å². The summed E-state index contributed by atoms with van der Waals surface area (Å²) >= 11 is 0. The van der Waals surface area contributed by atoms with E-state index < -0.39 is 24.5 Å². The van der Waals surface area contributed by atoms with E-state index in [-0.39, 0.29) is 12.6 Å². The van der Waals surface area contributed by atoms with Crippen molar-refractivity contribution in [3.8, 4) is 5.75 Å². The minimum atomic E-state index is -0.677. The Labute approximate surface area is 147 Å². The molecule has 7 heteroatoms. The molecule has 0 saturated heterocycles. The number of hydrogen-bond acceptors (Lipinski definition) is 5. The molecule has 25 heavy (non-hydrogen) atoms. The number of ether oxygens (including phenoxy) is 2. The fraction of sp³-hybridized carbons (Fsp3) is 0.500. The van der Waals surface area contributed by atoms with Gasteiger partial charge in [0.15, 0.2) is 13.2 Å². The zero-order valence-electron chi connectivity index (χ0n) is 14.8. The normalized spacial score (nSPS) is 13.3. The van der Waals surface area contributed by atoms with Gasteiger partial charge in [-0.2, -0.15) is 0 Å². The van der Waals surface area contributed by atoms with E-state index in [2.05, 4.69) is 24.5 Å². The molecule has 1 aliphatic carbocycles. The van der Waals surface area contributed by atoms with Crippen LogP contribution >= 0.6 is 0 Å². The number of nitrogens with one attached hydrogen (secondary N) is 2. The number of urea groups is 1. The van der Waals surface area contributed by atoms with Crippen LogP contribution in [0.4, 0.5) is 4.79 Å². The van der Waals surface area contributed by atoms with Gasteiger partial charge in [-0.15, -0.1) is 0 Å². The van der Waals surface area contributed by atoms with Crippen molar-refractivity contribution in [3.05, 3.63) is 29.3 Å². The molecule has 0 atom stereocenters. The zero-order chi connectivity index (χ0) is 18.4. The topological polar surface area (TPSA) is 93.7 Å². The zero-order valence-corrected chi connectivity index (χ0v) is 14.8. The number of aryl methyl sites for hydroxylation is 1. The predicted octanol–water partition coefficient (Wildman–Crippen LogP) is 2.03. The second-order valence-corrected chi connectivity index (χ2v) is 6.42. The Kier molecular flexibility index (Phi) is 6.38. The van der Waals surface area contributed by atoms with E-state index in [1.54, 1.807) is 6.07 Å². The molecule has 0 spiro atoms. The van der Waals surface area contributed by atoms with Crippen molar-refractivity contribution in [3.63, 3.8) is 0 Å². The first-order valence-corrected chi connectivity index (χ1v) is 8.34. The van der Waals surface area contributed by atoms with Crippen LogP contribution in [0.25, 0.3) is 0 Å². The lowest BCUT2D eigenvalue weighted by molar-refractivity contribution is -0.150. The molecule has 0 heterocycles. The van der Waals surface area contributed by atoms with Crippen LogP contribution in [-0.2, 0) is 14.3 Å². The van der Waals surface area contributed by atoms with Crippen molar-refractivity contribution < 1.29 is 23.9 Å². The molecule has 0 bridgehead atoms. The van der Waals surface area contributed by atoms with Crippen LogP contribution in [0, 0.1) is 6.92 Å². The maximum Gasteiger partial charge on any atom is 0.344 e. The van der Waals surface area contributed by atoms with Crippen molar-refractivity contribution in [2.24, 2.45) is 0 Å². The summed E-state index contributed by atoms with van der Waals surface area (Å²) in [4.78, 5) is 34.5. The number of imide groups is 1. The molecule has 3 amide bonds. The molecule has 1 aromatic rings. The van der Waals surface area contributed by atoms with E-state index >= 15 is 0 Å². The van der Waals surface area contributed by atoms with Crippen molar-refractivity contribution in [2.75, 3.05) is 13.2 Å². The Morgan fingerprint density at radius 1 is 1.20 bits per heavy atom. The highest BCUT2D eigenvalue weighted by molar-refractivity contribution is 5.95. The van der Waals surface area contributed by atoms with Crippen LogP contribution in [-0.4, -0.2) is 37.2 Å². The van der Waals surface area contributed by atoms with Gasteiger partial charge in [0.25, 0.3) is 5.91 Å². The van der Waals surface area contributed by atoms with E-state index in [1.807, 2.05) is 19.1 Å². The molecular weight excluding hydrogens is 324 g/mol. The molecule has 7 nitrogen and oxygen atoms in total. The summed E-state index contributed by atoms with van der Waals surface area (Å²) in [6.45, 7) is 5.37. The fourth-order valence-corrected chi connectivity index (χ4v) is 2.33. The number of amides is 3. The van der Waals surface area contributed by atoms with Gasteiger partial charge in [-0.1, -0.05) is 19.9 Å². The smallest absolute Gasteiger partial charge is 0.344 e. The molecule has 136 valence electrons. The van der Waals surface area contributed by atoms with Crippen molar-refractivity contribution in [1.29, 1.82) is 0 Å². The van der Waals surface area contributed by atoms with E-state index in [0.29, 0.717) is 11.7 Å². The molecule has 1 aromatic carbocycles. The number of rotatable bonds is 7. The standard InChI is InChI=1S/C18H24N2O5/c1-11(2)15-7-6-14(8-12(15)3)24-10-17(22)25-9-16(21)20-18(23)19-13-4-5-13/h6-8,11,13H,4-5,9-10H2,1-3H3,(H2,19,20,21,23). The minimum Gasteiger partial charge on any atom is -0.482 e. The van der Waals surface area contributed by atoms with Crippen molar-refractivity contribution in [2.45, 2.75) is 45.6 Å². The average Bonchev–Trinajstić information content (AvgIpc) is 3.34. The quantitative estimate of drug-likeness (QED) is 0.736. The van der Waals surface area contributed by atoms with Crippen LogP contribution < -0.4 is 15.4 Å². The predicted molar refractivity (Wildman–Crippen MR) is 91.4 cm³/mol. The maximum absolute atomic E-state index is 11.6. The van der Waals surface area contributed by atoms with Gasteiger partial charge in [-0.3, -0.25) is 10.1 Å². The van der Waals surface area contributed by atoms with Crippen LogP contribution in [0.2, 0.25) is 0 Å². The molecule has 0 unspecified atom stereocenters. The van der Waals surface area contributed by atoms with Gasteiger partial charge in [0.2, 0.25) is 0 Å². The van der Waals surface area contributed by atoms with Gasteiger partial charge in [0.1, 0.15) is 5.75 Å². The average molecular weight is 348 g/mol. The van der Waals surface area contributed by atoms with E-state index in [9.17, 15) is 14.4 Å². The molecule has 2 N–H and O–H groups in total. The fourth-order valence-electron chi connectivity index (χ4n) is 2.33. The highest BCUT2D eigenvalue weighted by Gasteiger charge is 2.24. The Morgan fingerprint density at radius 2 is 1.92 bits per heavy atom. The van der Waals surface area contributed by atoms with Crippen LogP contribution in [0.3, 0.4) is 0 Å². The van der Waals surface area contributed by atoms with Crippen molar-refractivity contribution in [1.82, 2.24) is 10.6 Å². The van der Waals surface area contributed by atoms with Gasteiger partial charge < -0.3 is 14.8 Å². The van der Waals surface area contributed by atoms with E-state index in [4.69, 9.17) is 9.47 Å². The lowest BCUT2D eigenvalue weighted by atomic mass is 9.98. The third-order valence-corrected chi connectivity index (χ3v) is 3.75. The second kappa shape index (κ2) is 8.50. The first-order valence-electron chi connectivity index (χ1n) is 8.34. The third-order valence-electron chi connectivity index (χ3n) is 3.75. The largest absolute Gasteiger partial charge is 0.482 e. The number of esters is 1. The summed E-state index contributed by atoms with van der Waals surface area (Å²) in [6.07, 6.45) is 1.84. The van der Waals surface area contributed by atoms with E-state index in [0.717, 1.165) is 18.4 Å². The first kappa shape index (κ1) is 18.8. The second-order valence-electron chi connectivity index (χ2n) is 6.42. The number of carbonyl (C=O) groups excluding carboxylic acids is 3. The summed E-state index contributed by atoms with van der Waals surface area (Å²) in [6, 6.07) is 5.20. The molecule has 1 fully saturated rings. The van der Waals surface area contributed by atoms with Crippen LogP contribution in [0.5, 0.6) is 5.75 Å². The highest BCUT2D eigenvalue weighted by atomic mass is 16.6. The first-order chi connectivity index (χ1) is 11.8. The number of hydrogen-bond donors (Lipinski definition) is 2. The molecule has 1 saturated carbocycles. The summed E-state index contributed by atoms with van der Waals surface area (Å²) in [5.41, 5.74) is 2.30. The lowest BCUT2D eigenvalue weighted by Gasteiger charge is -2.12. The Bertz CT molecular complexity index is 653. The van der Waals surface area contributed by atoms with Gasteiger partial charge in [-0.25, -0.2) is 9.59 Å².